The molecule has 0 spiro atoms. The van der Waals surface area contributed by atoms with E-state index in [2.05, 4.69) is 34.4 Å². The van der Waals surface area contributed by atoms with Crippen molar-refractivity contribution in [1.82, 2.24) is 9.97 Å². The minimum absolute atomic E-state index is 0.464. The molecule has 2 unspecified atom stereocenters. The quantitative estimate of drug-likeness (QED) is 0.803. The van der Waals surface area contributed by atoms with E-state index >= 15 is 0 Å². The lowest BCUT2D eigenvalue weighted by molar-refractivity contribution is 0.128. The predicted octanol–water partition coefficient (Wildman–Crippen LogP) is 3.05. The first kappa shape index (κ1) is 15.0. The van der Waals surface area contributed by atoms with E-state index < -0.39 is 0 Å². The van der Waals surface area contributed by atoms with Gasteiger partial charge in [-0.1, -0.05) is 6.92 Å². The van der Waals surface area contributed by atoms with Gasteiger partial charge in [0.05, 0.1) is 0 Å². The highest BCUT2D eigenvalue weighted by Gasteiger charge is 2.21. The Kier molecular flexibility index (Phi) is 5.59. The van der Waals surface area contributed by atoms with Crippen LogP contribution in [0.2, 0.25) is 0 Å². The molecule has 1 aliphatic rings. The molecule has 0 bridgehead atoms. The van der Waals surface area contributed by atoms with Gasteiger partial charge in [-0.25, -0.2) is 9.97 Å². The van der Waals surface area contributed by atoms with E-state index in [-0.39, 0.29) is 0 Å². The summed E-state index contributed by atoms with van der Waals surface area (Å²) in [5.74, 6) is 3.32. The molecule has 0 amide bonds. The van der Waals surface area contributed by atoms with Gasteiger partial charge in [0, 0.05) is 25.3 Å². The normalized spacial score (nSPS) is 21.9. The van der Waals surface area contributed by atoms with E-state index in [0.717, 1.165) is 29.9 Å². The molecule has 2 atom stereocenters. The summed E-state index contributed by atoms with van der Waals surface area (Å²) in [5.41, 5.74) is 0. The molecule has 0 saturated heterocycles. The molecular formula is C15H26N4O. The first-order chi connectivity index (χ1) is 9.71. The van der Waals surface area contributed by atoms with Gasteiger partial charge in [0.1, 0.15) is 18.2 Å². The average molecular weight is 278 g/mol. The average Bonchev–Trinajstić information content (AvgIpc) is 2.82. The molecule has 20 heavy (non-hydrogen) atoms. The van der Waals surface area contributed by atoms with Crippen LogP contribution >= 0.6 is 0 Å². The second-order valence-electron chi connectivity index (χ2n) is 5.48. The summed E-state index contributed by atoms with van der Waals surface area (Å²) < 4.78 is 5.41. The van der Waals surface area contributed by atoms with Crippen molar-refractivity contribution in [3.63, 3.8) is 0 Å². The third-order valence-corrected chi connectivity index (χ3v) is 3.61. The molecule has 0 radical (unpaired) electrons. The van der Waals surface area contributed by atoms with Crippen LogP contribution < -0.4 is 10.6 Å². The topological polar surface area (TPSA) is 59.1 Å². The fraction of sp³-hybridized carbons (Fsp3) is 0.733. The second-order valence-corrected chi connectivity index (χ2v) is 5.48. The Hall–Kier alpha value is -1.36. The van der Waals surface area contributed by atoms with Crippen molar-refractivity contribution in [1.29, 1.82) is 0 Å². The van der Waals surface area contributed by atoms with Crippen LogP contribution in [0.25, 0.3) is 0 Å². The van der Waals surface area contributed by atoms with Crippen molar-refractivity contribution in [3.8, 4) is 0 Å². The van der Waals surface area contributed by atoms with E-state index in [0.29, 0.717) is 19.3 Å². The molecule has 1 fully saturated rings. The first-order valence-electron chi connectivity index (χ1n) is 7.67. The SMILES string of the molecule is CCNc1cc(NC2CCC(C)C2)nc(COCC)n1. The zero-order chi connectivity index (χ0) is 14.4. The molecule has 1 saturated carbocycles. The summed E-state index contributed by atoms with van der Waals surface area (Å²) in [5, 5.41) is 6.79. The largest absolute Gasteiger partial charge is 0.374 e. The summed E-state index contributed by atoms with van der Waals surface area (Å²) in [4.78, 5) is 9.02. The fourth-order valence-corrected chi connectivity index (χ4v) is 2.65. The molecule has 2 rings (SSSR count). The highest BCUT2D eigenvalue weighted by molar-refractivity contribution is 5.48. The van der Waals surface area contributed by atoms with Crippen LogP contribution in [0.15, 0.2) is 6.07 Å². The summed E-state index contributed by atoms with van der Waals surface area (Å²) >= 11 is 0. The minimum Gasteiger partial charge on any atom is -0.374 e. The highest BCUT2D eigenvalue weighted by atomic mass is 16.5. The predicted molar refractivity (Wildman–Crippen MR) is 82.0 cm³/mol. The second kappa shape index (κ2) is 7.43. The molecule has 1 aromatic rings. The number of aromatic nitrogens is 2. The summed E-state index contributed by atoms with van der Waals surface area (Å²) in [6.07, 6.45) is 3.75. The number of nitrogens with zero attached hydrogens (tertiary/aromatic N) is 2. The van der Waals surface area contributed by atoms with E-state index in [1.165, 1.54) is 19.3 Å². The van der Waals surface area contributed by atoms with Crippen LogP contribution in [0.4, 0.5) is 11.6 Å². The third kappa shape index (κ3) is 4.34. The maximum Gasteiger partial charge on any atom is 0.158 e. The fourth-order valence-electron chi connectivity index (χ4n) is 2.65. The lowest BCUT2D eigenvalue weighted by Gasteiger charge is -2.15. The standard InChI is InChI=1S/C15H26N4O/c1-4-16-13-9-14(17-12-7-6-11(3)8-12)19-15(18-13)10-20-5-2/h9,11-12H,4-8,10H2,1-3H3,(H2,16,17,18,19). The van der Waals surface area contributed by atoms with Crippen molar-refractivity contribution >= 4 is 11.6 Å². The molecule has 1 aromatic heterocycles. The number of anilines is 2. The Balaban J connectivity index is 2.07. The van der Waals surface area contributed by atoms with Gasteiger partial charge in [-0.15, -0.1) is 0 Å². The summed E-state index contributed by atoms with van der Waals surface area (Å²) in [6.45, 7) is 8.35. The van der Waals surface area contributed by atoms with Crippen LogP contribution in [-0.2, 0) is 11.3 Å². The van der Waals surface area contributed by atoms with Gasteiger partial charge in [0.25, 0.3) is 0 Å². The Bertz CT molecular complexity index is 424. The Morgan fingerprint density at radius 2 is 2.05 bits per heavy atom. The smallest absolute Gasteiger partial charge is 0.158 e. The molecular weight excluding hydrogens is 252 g/mol. The van der Waals surface area contributed by atoms with E-state index in [1.807, 2.05) is 13.0 Å². The maximum atomic E-state index is 5.41. The van der Waals surface area contributed by atoms with Crippen molar-refractivity contribution in [2.45, 2.75) is 52.7 Å². The number of ether oxygens (including phenoxy) is 1. The van der Waals surface area contributed by atoms with Gasteiger partial charge < -0.3 is 15.4 Å². The van der Waals surface area contributed by atoms with E-state index in [4.69, 9.17) is 4.74 Å². The summed E-state index contributed by atoms with van der Waals surface area (Å²) in [6, 6.07) is 2.52. The molecule has 1 heterocycles. The Labute approximate surface area is 121 Å². The van der Waals surface area contributed by atoms with Crippen LogP contribution in [0.1, 0.15) is 45.9 Å². The number of rotatable bonds is 7. The number of hydrogen-bond donors (Lipinski definition) is 2. The molecule has 0 aliphatic heterocycles. The Morgan fingerprint density at radius 1 is 1.25 bits per heavy atom. The molecule has 5 nitrogen and oxygen atoms in total. The van der Waals surface area contributed by atoms with Gasteiger partial charge in [0.15, 0.2) is 5.82 Å². The maximum absolute atomic E-state index is 5.41. The van der Waals surface area contributed by atoms with Crippen molar-refractivity contribution in [3.05, 3.63) is 11.9 Å². The molecule has 112 valence electrons. The summed E-state index contributed by atoms with van der Waals surface area (Å²) in [7, 11) is 0. The minimum atomic E-state index is 0.464. The van der Waals surface area contributed by atoms with Gasteiger partial charge in [-0.05, 0) is 39.0 Å². The van der Waals surface area contributed by atoms with Gasteiger partial charge in [-0.3, -0.25) is 0 Å². The van der Waals surface area contributed by atoms with Crippen LogP contribution in [-0.4, -0.2) is 29.2 Å². The van der Waals surface area contributed by atoms with Gasteiger partial charge in [-0.2, -0.15) is 0 Å². The zero-order valence-electron chi connectivity index (χ0n) is 12.8. The van der Waals surface area contributed by atoms with Gasteiger partial charge >= 0.3 is 0 Å². The molecule has 5 heteroatoms. The highest BCUT2D eigenvalue weighted by Crippen LogP contribution is 2.27. The van der Waals surface area contributed by atoms with Crippen LogP contribution in [0, 0.1) is 5.92 Å². The van der Waals surface area contributed by atoms with Crippen LogP contribution in [0.3, 0.4) is 0 Å². The molecule has 1 aliphatic carbocycles. The van der Waals surface area contributed by atoms with Gasteiger partial charge in [0.2, 0.25) is 0 Å². The lowest BCUT2D eigenvalue weighted by Crippen LogP contribution is -2.17. The van der Waals surface area contributed by atoms with Crippen molar-refractivity contribution in [2.24, 2.45) is 5.92 Å². The van der Waals surface area contributed by atoms with E-state index in [9.17, 15) is 0 Å². The molecule has 0 aromatic carbocycles. The Morgan fingerprint density at radius 3 is 2.70 bits per heavy atom. The van der Waals surface area contributed by atoms with Crippen LogP contribution in [0.5, 0.6) is 0 Å². The zero-order valence-corrected chi connectivity index (χ0v) is 12.8. The van der Waals surface area contributed by atoms with Crippen molar-refractivity contribution < 1.29 is 4.74 Å². The molecule has 2 N–H and O–H groups in total. The van der Waals surface area contributed by atoms with Crippen molar-refractivity contribution in [2.75, 3.05) is 23.8 Å². The lowest BCUT2D eigenvalue weighted by atomic mass is 10.1. The van der Waals surface area contributed by atoms with E-state index in [1.54, 1.807) is 0 Å². The monoisotopic (exact) mass is 278 g/mol. The number of hydrogen-bond acceptors (Lipinski definition) is 5. The first-order valence-corrected chi connectivity index (χ1v) is 7.67. The third-order valence-electron chi connectivity index (χ3n) is 3.61. The number of nitrogens with one attached hydrogen (secondary N) is 2.